The molecular weight excluding hydrogens is 423 g/mol. The van der Waals surface area contributed by atoms with Gasteiger partial charge in [0.2, 0.25) is 0 Å². The third-order valence-corrected chi connectivity index (χ3v) is 6.73. The smallest absolute Gasteiger partial charge is 0.0595 e. The van der Waals surface area contributed by atoms with E-state index in [1.165, 1.54) is 22.5 Å². The molecule has 0 N–H and O–H groups in total. The Bertz CT molecular complexity index is 904. The standard InChI is InChI=1S/C27H32Cl2N2/c1-5-30(6-2)23-14-9-20(10-15-23)27(22-13-18-25(28)26(29)19-22)21-11-16-24(17-12-21)31(7-3)8-4/h9-19,27H,5-8H2,1-4H3. The van der Waals surface area contributed by atoms with Crippen LogP contribution in [0.4, 0.5) is 11.4 Å². The second kappa shape index (κ2) is 10.9. The molecule has 4 heteroatoms. The monoisotopic (exact) mass is 454 g/mol. The van der Waals surface area contributed by atoms with Crippen LogP contribution in [-0.4, -0.2) is 26.2 Å². The Balaban J connectivity index is 2.04. The maximum absolute atomic E-state index is 6.40. The highest BCUT2D eigenvalue weighted by molar-refractivity contribution is 6.42. The second-order valence-corrected chi connectivity index (χ2v) is 8.45. The molecule has 0 spiro atoms. The van der Waals surface area contributed by atoms with Crippen molar-refractivity contribution in [2.45, 2.75) is 33.6 Å². The topological polar surface area (TPSA) is 6.48 Å². The second-order valence-electron chi connectivity index (χ2n) is 7.63. The van der Waals surface area contributed by atoms with Crippen LogP contribution in [0.3, 0.4) is 0 Å². The quantitative estimate of drug-likeness (QED) is 0.303. The molecule has 0 aromatic heterocycles. The van der Waals surface area contributed by atoms with Crippen molar-refractivity contribution >= 4 is 34.6 Å². The summed E-state index contributed by atoms with van der Waals surface area (Å²) < 4.78 is 0. The molecule has 0 saturated carbocycles. The van der Waals surface area contributed by atoms with Crippen molar-refractivity contribution in [2.75, 3.05) is 36.0 Å². The fourth-order valence-electron chi connectivity index (χ4n) is 4.20. The molecule has 0 heterocycles. The van der Waals surface area contributed by atoms with Crippen LogP contribution in [0, 0.1) is 0 Å². The Morgan fingerprint density at radius 2 is 0.935 bits per heavy atom. The number of hydrogen-bond donors (Lipinski definition) is 0. The lowest BCUT2D eigenvalue weighted by Crippen LogP contribution is -2.21. The summed E-state index contributed by atoms with van der Waals surface area (Å²) in [6.45, 7) is 12.7. The minimum absolute atomic E-state index is 0.0891. The van der Waals surface area contributed by atoms with Gasteiger partial charge in [0.25, 0.3) is 0 Å². The Labute approximate surface area is 197 Å². The highest BCUT2D eigenvalue weighted by Crippen LogP contribution is 2.36. The van der Waals surface area contributed by atoms with Crippen molar-refractivity contribution in [3.05, 3.63) is 93.5 Å². The Kier molecular flexibility index (Phi) is 8.28. The third kappa shape index (κ3) is 5.37. The number of nitrogens with zero attached hydrogens (tertiary/aromatic N) is 2. The van der Waals surface area contributed by atoms with Gasteiger partial charge in [-0.05, 0) is 80.8 Å². The molecule has 0 aliphatic heterocycles. The summed E-state index contributed by atoms with van der Waals surface area (Å²) in [5, 5.41) is 1.17. The van der Waals surface area contributed by atoms with Gasteiger partial charge in [-0.3, -0.25) is 0 Å². The Hall–Kier alpha value is -2.16. The van der Waals surface area contributed by atoms with Crippen LogP contribution in [0.2, 0.25) is 10.0 Å². The van der Waals surface area contributed by atoms with E-state index in [9.17, 15) is 0 Å². The zero-order chi connectivity index (χ0) is 22.4. The van der Waals surface area contributed by atoms with Crippen LogP contribution in [0.5, 0.6) is 0 Å². The number of hydrogen-bond acceptors (Lipinski definition) is 2. The summed E-state index contributed by atoms with van der Waals surface area (Å²) in [4.78, 5) is 4.72. The molecule has 0 fully saturated rings. The van der Waals surface area contributed by atoms with Crippen molar-refractivity contribution in [1.29, 1.82) is 0 Å². The first-order valence-electron chi connectivity index (χ1n) is 11.2. The molecule has 0 radical (unpaired) electrons. The van der Waals surface area contributed by atoms with Gasteiger partial charge in [0.1, 0.15) is 0 Å². The molecule has 0 aliphatic rings. The lowest BCUT2D eigenvalue weighted by molar-refractivity contribution is 0.862. The van der Waals surface area contributed by atoms with Gasteiger partial charge in [-0.25, -0.2) is 0 Å². The Morgan fingerprint density at radius 3 is 1.29 bits per heavy atom. The summed E-state index contributed by atoms with van der Waals surface area (Å²) in [6, 6.07) is 23.8. The summed E-state index contributed by atoms with van der Waals surface area (Å²) in [7, 11) is 0. The molecule has 3 aromatic rings. The molecule has 3 rings (SSSR count). The summed E-state index contributed by atoms with van der Waals surface area (Å²) in [5.41, 5.74) is 6.12. The predicted octanol–water partition coefficient (Wildman–Crippen LogP) is 7.87. The van der Waals surface area contributed by atoms with Crippen LogP contribution in [-0.2, 0) is 0 Å². The molecule has 0 atom stereocenters. The van der Waals surface area contributed by atoms with E-state index in [0.29, 0.717) is 10.0 Å². The van der Waals surface area contributed by atoms with Crippen molar-refractivity contribution in [3.63, 3.8) is 0 Å². The highest BCUT2D eigenvalue weighted by atomic mass is 35.5. The lowest BCUT2D eigenvalue weighted by atomic mass is 9.85. The SMILES string of the molecule is CCN(CC)c1ccc(C(c2ccc(N(CC)CC)cc2)c2ccc(Cl)c(Cl)c2)cc1. The van der Waals surface area contributed by atoms with E-state index in [4.69, 9.17) is 23.2 Å². The molecule has 0 unspecified atom stereocenters. The van der Waals surface area contributed by atoms with E-state index < -0.39 is 0 Å². The number of halogens is 2. The van der Waals surface area contributed by atoms with Crippen LogP contribution in [0.25, 0.3) is 0 Å². The molecule has 0 saturated heterocycles. The summed E-state index contributed by atoms with van der Waals surface area (Å²) in [5.74, 6) is 0.0891. The van der Waals surface area contributed by atoms with Crippen molar-refractivity contribution in [2.24, 2.45) is 0 Å². The van der Waals surface area contributed by atoms with Crippen molar-refractivity contribution in [3.8, 4) is 0 Å². The molecule has 0 bridgehead atoms. The van der Waals surface area contributed by atoms with Crippen LogP contribution < -0.4 is 9.80 Å². The maximum atomic E-state index is 6.40. The molecule has 3 aromatic carbocycles. The van der Waals surface area contributed by atoms with Gasteiger partial charge >= 0.3 is 0 Å². The molecule has 2 nitrogen and oxygen atoms in total. The van der Waals surface area contributed by atoms with Gasteiger partial charge in [-0.1, -0.05) is 53.5 Å². The van der Waals surface area contributed by atoms with Gasteiger partial charge in [0.05, 0.1) is 10.0 Å². The van der Waals surface area contributed by atoms with Gasteiger partial charge in [0, 0.05) is 43.5 Å². The lowest BCUT2D eigenvalue weighted by Gasteiger charge is -2.25. The van der Waals surface area contributed by atoms with Crippen LogP contribution >= 0.6 is 23.2 Å². The molecule has 31 heavy (non-hydrogen) atoms. The zero-order valence-electron chi connectivity index (χ0n) is 18.9. The predicted molar refractivity (Wildman–Crippen MR) is 137 cm³/mol. The largest absolute Gasteiger partial charge is 0.372 e. The number of rotatable bonds is 9. The van der Waals surface area contributed by atoms with E-state index in [1.807, 2.05) is 12.1 Å². The maximum Gasteiger partial charge on any atom is 0.0595 e. The van der Waals surface area contributed by atoms with E-state index in [0.717, 1.165) is 31.7 Å². The number of anilines is 2. The number of benzene rings is 3. The Morgan fingerprint density at radius 1 is 0.548 bits per heavy atom. The van der Waals surface area contributed by atoms with Gasteiger partial charge in [0.15, 0.2) is 0 Å². The molecule has 0 aliphatic carbocycles. The van der Waals surface area contributed by atoms with Crippen molar-refractivity contribution in [1.82, 2.24) is 0 Å². The first kappa shape index (κ1) is 23.5. The van der Waals surface area contributed by atoms with Gasteiger partial charge in [-0.2, -0.15) is 0 Å². The van der Waals surface area contributed by atoms with Gasteiger partial charge < -0.3 is 9.80 Å². The average molecular weight is 455 g/mol. The van der Waals surface area contributed by atoms with Crippen LogP contribution in [0.15, 0.2) is 66.7 Å². The third-order valence-electron chi connectivity index (χ3n) is 5.99. The minimum Gasteiger partial charge on any atom is -0.372 e. The summed E-state index contributed by atoms with van der Waals surface area (Å²) in [6.07, 6.45) is 0. The fourth-order valence-corrected chi connectivity index (χ4v) is 4.51. The summed E-state index contributed by atoms with van der Waals surface area (Å²) >= 11 is 12.6. The van der Waals surface area contributed by atoms with E-state index >= 15 is 0 Å². The average Bonchev–Trinajstić information content (AvgIpc) is 2.80. The molecule has 0 amide bonds. The van der Waals surface area contributed by atoms with Crippen LogP contribution in [0.1, 0.15) is 50.3 Å². The first-order valence-corrected chi connectivity index (χ1v) is 11.9. The van der Waals surface area contributed by atoms with Crippen molar-refractivity contribution < 1.29 is 0 Å². The zero-order valence-corrected chi connectivity index (χ0v) is 20.4. The molecule has 164 valence electrons. The highest BCUT2D eigenvalue weighted by Gasteiger charge is 2.19. The van der Waals surface area contributed by atoms with E-state index in [1.54, 1.807) is 0 Å². The van der Waals surface area contributed by atoms with E-state index in [-0.39, 0.29) is 5.92 Å². The van der Waals surface area contributed by atoms with E-state index in [2.05, 4.69) is 92.1 Å². The minimum atomic E-state index is 0.0891. The molecular formula is C27H32Cl2N2. The fraction of sp³-hybridized carbons (Fsp3) is 0.333. The van der Waals surface area contributed by atoms with Gasteiger partial charge in [-0.15, -0.1) is 0 Å². The first-order chi connectivity index (χ1) is 15.0. The normalized spacial score (nSPS) is 11.1.